The normalized spacial score (nSPS) is 10.8. The van der Waals surface area contributed by atoms with E-state index >= 15 is 0 Å². The molecule has 0 rings (SSSR count). The van der Waals surface area contributed by atoms with Gasteiger partial charge in [-0.2, -0.15) is 0 Å². The van der Waals surface area contributed by atoms with E-state index in [4.69, 9.17) is 42.6 Å². The van der Waals surface area contributed by atoms with Gasteiger partial charge in [0.15, 0.2) is 0 Å². The van der Waals surface area contributed by atoms with Crippen molar-refractivity contribution >= 4 is 23.9 Å². The van der Waals surface area contributed by atoms with E-state index in [1.54, 1.807) is 0 Å². The van der Waals surface area contributed by atoms with Crippen LogP contribution in [0.2, 0.25) is 0 Å². The fraction of sp³-hybridized carbons (Fsp3) is 0.778. The van der Waals surface area contributed by atoms with Gasteiger partial charge in [-0.05, 0) is 0 Å². The highest BCUT2D eigenvalue weighted by Gasteiger charge is 2.20. The topological polar surface area (TPSA) is 151 Å². The molecule has 0 unspecified atom stereocenters. The van der Waals surface area contributed by atoms with Crippen molar-refractivity contribution < 1.29 is 61.8 Å². The summed E-state index contributed by atoms with van der Waals surface area (Å²) in [6, 6.07) is 0. The van der Waals surface area contributed by atoms with E-state index in [0.717, 1.165) is 0 Å². The molecule has 0 spiro atoms. The molecule has 0 saturated heterocycles. The second kappa shape index (κ2) is 18.4. The average Bonchev–Trinajstić information content (AvgIpc) is 2.67. The molecule has 0 aromatic rings. The van der Waals surface area contributed by atoms with Gasteiger partial charge in [0, 0.05) is 27.7 Å². The Labute approximate surface area is 180 Å². The van der Waals surface area contributed by atoms with Crippen molar-refractivity contribution in [3.8, 4) is 0 Å². The van der Waals surface area contributed by atoms with Crippen LogP contribution in [0.4, 0.5) is 0 Å². The van der Waals surface area contributed by atoms with E-state index < -0.39 is 36.8 Å². The van der Waals surface area contributed by atoms with Gasteiger partial charge in [-0.3, -0.25) is 23.9 Å². The van der Waals surface area contributed by atoms with Crippen LogP contribution in [-0.2, 0) is 61.8 Å². The van der Waals surface area contributed by atoms with Crippen LogP contribution in [0, 0.1) is 0 Å². The summed E-state index contributed by atoms with van der Waals surface area (Å²) < 4.78 is 45.8. The largest absolute Gasteiger partial charge is 0.463 e. The Bertz CT molecular complexity index is 447. The minimum atomic E-state index is -1.35. The highest BCUT2D eigenvalue weighted by molar-refractivity contribution is 5.66. The standard InChI is InChI=1S/C18H30O13/c1-13(19)23-5-9-27-17(28-10-6-24-14(2)20)31-18(29-11-7-25-15(3)21)30-12-8-26-16(4)22/h17-18H,5-12H2,1-4H3. The second-order valence-corrected chi connectivity index (χ2v) is 5.56. The van der Waals surface area contributed by atoms with E-state index in [-0.39, 0.29) is 52.9 Å². The van der Waals surface area contributed by atoms with E-state index in [9.17, 15) is 19.2 Å². The van der Waals surface area contributed by atoms with E-state index in [1.807, 2.05) is 0 Å². The summed E-state index contributed by atoms with van der Waals surface area (Å²) >= 11 is 0. The van der Waals surface area contributed by atoms with Crippen LogP contribution in [0.1, 0.15) is 27.7 Å². The zero-order valence-corrected chi connectivity index (χ0v) is 18.1. The van der Waals surface area contributed by atoms with Crippen LogP contribution in [0.25, 0.3) is 0 Å². The first-order valence-electron chi connectivity index (χ1n) is 9.36. The van der Waals surface area contributed by atoms with Gasteiger partial charge < -0.3 is 37.9 Å². The fourth-order valence-electron chi connectivity index (χ4n) is 1.66. The third kappa shape index (κ3) is 20.7. The van der Waals surface area contributed by atoms with Gasteiger partial charge in [-0.1, -0.05) is 0 Å². The molecule has 0 saturated carbocycles. The Kier molecular flexibility index (Phi) is 17.1. The maximum atomic E-state index is 10.8. The summed E-state index contributed by atoms with van der Waals surface area (Å²) in [6.07, 6.45) is 0. The highest BCUT2D eigenvalue weighted by atomic mass is 16.9. The minimum Gasteiger partial charge on any atom is -0.463 e. The van der Waals surface area contributed by atoms with Crippen LogP contribution in [-0.4, -0.2) is 89.7 Å². The number of carbonyl (C=O) groups excluding carboxylic acids is 4. The van der Waals surface area contributed by atoms with Crippen molar-refractivity contribution in [1.29, 1.82) is 0 Å². The molecule has 0 aliphatic heterocycles. The molecule has 0 bridgehead atoms. The van der Waals surface area contributed by atoms with Crippen LogP contribution >= 0.6 is 0 Å². The Hall–Kier alpha value is -2.32. The molecule has 0 amide bonds. The first kappa shape index (κ1) is 28.7. The van der Waals surface area contributed by atoms with Crippen LogP contribution in [0.5, 0.6) is 0 Å². The number of hydrogen-bond acceptors (Lipinski definition) is 13. The summed E-state index contributed by atoms with van der Waals surface area (Å²) in [6.45, 7) is 1.72. The molecular formula is C18H30O13. The van der Waals surface area contributed by atoms with Gasteiger partial charge >= 0.3 is 23.9 Å². The van der Waals surface area contributed by atoms with Crippen molar-refractivity contribution in [2.24, 2.45) is 0 Å². The number of ether oxygens (including phenoxy) is 9. The zero-order valence-electron chi connectivity index (χ0n) is 18.1. The molecule has 0 radical (unpaired) electrons. The zero-order chi connectivity index (χ0) is 23.5. The summed E-state index contributed by atoms with van der Waals surface area (Å²) in [5.41, 5.74) is 0. The molecule has 0 aliphatic rings. The number of hydrogen-bond donors (Lipinski definition) is 0. The molecule has 0 atom stereocenters. The van der Waals surface area contributed by atoms with Crippen molar-refractivity contribution in [1.82, 2.24) is 0 Å². The molecule has 0 aliphatic carbocycles. The Morgan fingerprint density at radius 2 is 0.677 bits per heavy atom. The van der Waals surface area contributed by atoms with Crippen molar-refractivity contribution in [3.05, 3.63) is 0 Å². The van der Waals surface area contributed by atoms with E-state index in [2.05, 4.69) is 0 Å². The highest BCUT2D eigenvalue weighted by Crippen LogP contribution is 2.07. The second-order valence-electron chi connectivity index (χ2n) is 5.56. The van der Waals surface area contributed by atoms with E-state index in [0.29, 0.717) is 0 Å². The summed E-state index contributed by atoms with van der Waals surface area (Å²) in [5.74, 6) is -1.95. The monoisotopic (exact) mass is 454 g/mol. The molecule has 180 valence electrons. The van der Waals surface area contributed by atoms with Crippen molar-refractivity contribution in [2.45, 2.75) is 40.6 Å². The fourth-order valence-corrected chi connectivity index (χ4v) is 1.66. The molecule has 13 heteroatoms. The van der Waals surface area contributed by atoms with Gasteiger partial charge in [-0.25, -0.2) is 0 Å². The molecule has 31 heavy (non-hydrogen) atoms. The maximum absolute atomic E-state index is 10.8. The summed E-state index contributed by atoms with van der Waals surface area (Å²) in [4.78, 5) is 43.3. The van der Waals surface area contributed by atoms with Gasteiger partial charge in [0.25, 0.3) is 13.0 Å². The number of rotatable bonds is 18. The SMILES string of the molecule is CC(=O)OCCOC(OCCOC(C)=O)OC(OCCOC(C)=O)OCCOC(C)=O. The lowest BCUT2D eigenvalue weighted by Crippen LogP contribution is -2.34. The summed E-state index contributed by atoms with van der Waals surface area (Å²) in [7, 11) is 0. The first-order valence-corrected chi connectivity index (χ1v) is 9.36. The number of esters is 4. The lowest BCUT2D eigenvalue weighted by molar-refractivity contribution is -0.400. The smallest absolute Gasteiger partial charge is 0.302 e. The third-order valence-corrected chi connectivity index (χ3v) is 2.79. The van der Waals surface area contributed by atoms with Crippen molar-refractivity contribution in [3.63, 3.8) is 0 Å². The Morgan fingerprint density at radius 3 is 0.871 bits per heavy atom. The van der Waals surface area contributed by atoms with Crippen molar-refractivity contribution in [2.75, 3.05) is 52.9 Å². The predicted molar refractivity (Wildman–Crippen MR) is 99.0 cm³/mol. The quantitative estimate of drug-likeness (QED) is 0.117. The average molecular weight is 454 g/mol. The van der Waals surface area contributed by atoms with Gasteiger partial charge in [0.05, 0.1) is 26.4 Å². The lowest BCUT2D eigenvalue weighted by Gasteiger charge is -2.24. The predicted octanol–water partition coefficient (Wildman–Crippen LogP) is -0.111. The van der Waals surface area contributed by atoms with Crippen LogP contribution in [0.3, 0.4) is 0 Å². The van der Waals surface area contributed by atoms with Gasteiger partial charge in [-0.15, -0.1) is 0 Å². The molecule has 0 fully saturated rings. The maximum Gasteiger partial charge on any atom is 0.302 e. The number of carbonyl (C=O) groups is 4. The molecule has 13 nitrogen and oxygen atoms in total. The molecule has 0 N–H and O–H groups in total. The van der Waals surface area contributed by atoms with E-state index in [1.165, 1.54) is 27.7 Å². The first-order chi connectivity index (χ1) is 14.7. The van der Waals surface area contributed by atoms with Crippen LogP contribution in [0.15, 0.2) is 0 Å². The van der Waals surface area contributed by atoms with Gasteiger partial charge in [0.2, 0.25) is 0 Å². The van der Waals surface area contributed by atoms with Crippen LogP contribution < -0.4 is 0 Å². The Morgan fingerprint density at radius 1 is 0.452 bits per heavy atom. The molecular weight excluding hydrogens is 424 g/mol. The molecule has 0 aromatic carbocycles. The molecule has 0 heterocycles. The third-order valence-electron chi connectivity index (χ3n) is 2.79. The Balaban J connectivity index is 4.71. The lowest BCUT2D eigenvalue weighted by atomic mass is 10.7. The minimum absolute atomic E-state index is 0.0617. The summed E-state index contributed by atoms with van der Waals surface area (Å²) in [5, 5.41) is 0. The molecule has 0 aromatic heterocycles. The van der Waals surface area contributed by atoms with Gasteiger partial charge in [0.1, 0.15) is 26.4 Å².